The van der Waals surface area contributed by atoms with E-state index in [9.17, 15) is 0 Å². The monoisotopic (exact) mass is 339 g/mol. The number of rotatable bonds is 0. The number of hydrogen-bond donors (Lipinski definition) is 0. The number of halogens is 4. The van der Waals surface area contributed by atoms with E-state index in [1.807, 2.05) is 0 Å². The zero-order valence-corrected chi connectivity index (χ0v) is 7.00. The van der Waals surface area contributed by atoms with Crippen LogP contribution in [0.25, 0.3) is 0 Å². The van der Waals surface area contributed by atoms with E-state index >= 15 is 0 Å². The average molecular weight is 341 g/mol. The molecule has 0 aliphatic heterocycles. The molecule has 0 aromatic heterocycles. The summed E-state index contributed by atoms with van der Waals surface area (Å²) in [5.41, 5.74) is 0. The van der Waals surface area contributed by atoms with E-state index in [2.05, 4.69) is 0 Å². The fourth-order valence-electron chi connectivity index (χ4n) is 0. The van der Waals surface area contributed by atoms with Gasteiger partial charge in [-0.15, -0.1) is 0 Å². The zero-order chi connectivity index (χ0) is 0. The minimum atomic E-state index is 0. The van der Waals surface area contributed by atoms with Gasteiger partial charge in [-0.1, -0.05) is 0 Å². The molecule has 0 aliphatic rings. The summed E-state index contributed by atoms with van der Waals surface area (Å²) >= 11 is 0. The molecular weight excluding hydrogens is 339 g/mol. The van der Waals surface area contributed by atoms with Gasteiger partial charge in [-0.3, -0.25) is 0 Å². The summed E-state index contributed by atoms with van der Waals surface area (Å²) in [7, 11) is 0. The molecule has 0 atom stereocenters. The van der Waals surface area contributed by atoms with Crippen LogP contribution in [0, 0.1) is 0 Å². The van der Waals surface area contributed by atoms with Crippen LogP contribution in [0.1, 0.15) is 1.43 Å². The first-order chi connectivity index (χ1) is 0. The van der Waals surface area contributed by atoms with Crippen molar-refractivity contribution < 1.29 is 73.4 Å². The predicted molar refractivity (Wildman–Crippen MR) is 2.11 cm³/mol. The van der Waals surface area contributed by atoms with E-state index in [0.29, 0.717) is 0 Å². The van der Waals surface area contributed by atoms with Crippen molar-refractivity contribution >= 4 is 0 Å². The predicted octanol–water partition coefficient (Wildman–Crippen LogP) is -11.7. The number of hydrogen-bond acceptors (Lipinski definition) is 0. The van der Waals surface area contributed by atoms with Crippen molar-refractivity contribution in [2.75, 3.05) is 0 Å². The fraction of sp³-hybridized carbons (Fsp3) is 0. The Hall–Kier alpha value is 1.90. The summed E-state index contributed by atoms with van der Waals surface area (Å²) in [4.78, 5) is 0. The fourth-order valence-corrected chi connectivity index (χ4v) is 0. The normalized spacial score (nSPS) is 0. The summed E-state index contributed by atoms with van der Waals surface area (Å²) < 4.78 is 0. The first-order valence-corrected chi connectivity index (χ1v) is 0. The molecule has 0 N–H and O–H groups in total. The second-order valence-electron chi connectivity index (χ2n) is 0. The van der Waals surface area contributed by atoms with Gasteiger partial charge in [-0.2, -0.15) is 0 Å². The van der Waals surface area contributed by atoms with Crippen LogP contribution in [0.3, 0.4) is 0 Å². The Bertz CT molecular complexity index is 7.51. The maximum atomic E-state index is 0. The molecule has 45 valence electrons. The maximum absolute atomic E-state index is 0. The van der Waals surface area contributed by atoms with Gasteiger partial charge in [0, 0.05) is 23.8 Å². The summed E-state index contributed by atoms with van der Waals surface area (Å²) in [5, 5.41) is 0. The van der Waals surface area contributed by atoms with Gasteiger partial charge in [0.1, 0.15) is 0 Å². The average Bonchev–Trinajstić information content (AvgIpc) is 0. The van der Waals surface area contributed by atoms with E-state index in [1.54, 1.807) is 0 Å². The largest absolute Gasteiger partial charge is 1.00 e. The summed E-state index contributed by atoms with van der Waals surface area (Å²) in [6.45, 7) is 0. The van der Waals surface area contributed by atoms with Crippen LogP contribution in [0.4, 0.5) is 0 Å². The van der Waals surface area contributed by atoms with E-state index in [4.69, 9.17) is 0 Å². The van der Waals surface area contributed by atoms with Crippen LogP contribution < -0.4 is 49.6 Å². The smallest absolute Gasteiger partial charge is 0 e. The second-order valence-corrected chi connectivity index (χ2v) is 0. The van der Waals surface area contributed by atoms with Gasteiger partial charge in [-0.25, -0.2) is 0 Å². The van der Waals surface area contributed by atoms with Crippen LogP contribution in [0.2, 0.25) is 0 Å². The van der Waals surface area contributed by atoms with Crippen molar-refractivity contribution in [2.24, 2.45) is 0 Å². The molecule has 0 aromatic rings. The van der Waals surface area contributed by atoms with Gasteiger partial charge in [0.25, 0.3) is 0 Å². The molecule has 0 fully saturated rings. The van der Waals surface area contributed by atoms with E-state index in [-0.39, 0.29) is 73.4 Å². The quantitative estimate of drug-likeness (QED) is 0.384. The molecule has 5 heteroatoms. The molecule has 0 aliphatic carbocycles. The van der Waals surface area contributed by atoms with Gasteiger partial charge in [0.2, 0.25) is 0 Å². The van der Waals surface area contributed by atoms with Crippen molar-refractivity contribution in [3.05, 3.63) is 0 Å². The van der Waals surface area contributed by atoms with Crippen LogP contribution in [-0.4, -0.2) is 0 Å². The van der Waals surface area contributed by atoms with Crippen molar-refractivity contribution in [3.63, 3.8) is 0 Å². The molecule has 0 amide bonds. The third-order valence-corrected chi connectivity index (χ3v) is 0. The molecule has 5 heavy (non-hydrogen) atoms. The first-order valence-electron chi connectivity index (χ1n) is 0. The van der Waals surface area contributed by atoms with Crippen molar-refractivity contribution in [3.8, 4) is 0 Å². The minimum Gasteiger partial charge on any atom is -1.00 e. The van der Waals surface area contributed by atoms with Gasteiger partial charge in [0.15, 0.2) is 0 Å². The standard InChI is InChI=1S/Au.4ClH.H2/h;5*1H/p-4. The Morgan fingerprint density at radius 1 is 0.600 bits per heavy atom. The Kier molecular flexibility index (Phi) is 522. The van der Waals surface area contributed by atoms with E-state index < -0.39 is 0 Å². The van der Waals surface area contributed by atoms with Crippen LogP contribution in [-0.2, 0) is 22.4 Å². The molecule has 0 nitrogen and oxygen atoms in total. The minimum absolute atomic E-state index is 0. The Labute approximate surface area is 73.1 Å². The Balaban J connectivity index is 0. The summed E-state index contributed by atoms with van der Waals surface area (Å²) in [6, 6.07) is 0. The second kappa shape index (κ2) is 39.2. The van der Waals surface area contributed by atoms with Gasteiger partial charge in [-0.05, 0) is 0 Å². The maximum Gasteiger partial charge on any atom is 0 e. The molecular formula is H2AuCl4-4. The molecule has 0 aromatic carbocycles. The third kappa shape index (κ3) is 24.9. The molecule has 0 heterocycles. The summed E-state index contributed by atoms with van der Waals surface area (Å²) in [6.07, 6.45) is 0. The van der Waals surface area contributed by atoms with Gasteiger partial charge < -0.3 is 49.6 Å². The Morgan fingerprint density at radius 3 is 0.600 bits per heavy atom. The molecule has 1 radical (unpaired) electrons. The van der Waals surface area contributed by atoms with Crippen LogP contribution >= 0.6 is 0 Å². The molecule has 0 spiro atoms. The van der Waals surface area contributed by atoms with E-state index in [1.165, 1.54) is 0 Å². The zero-order valence-electron chi connectivity index (χ0n) is 1.81. The van der Waals surface area contributed by atoms with Crippen LogP contribution in [0.5, 0.6) is 0 Å². The van der Waals surface area contributed by atoms with Crippen molar-refractivity contribution in [1.82, 2.24) is 0 Å². The van der Waals surface area contributed by atoms with Crippen LogP contribution in [0.15, 0.2) is 0 Å². The molecule has 0 rings (SSSR count). The molecule has 0 unspecified atom stereocenters. The topological polar surface area (TPSA) is 0 Å². The molecule has 0 bridgehead atoms. The molecule has 0 saturated carbocycles. The Morgan fingerprint density at radius 2 is 0.600 bits per heavy atom. The SMILES string of the molecule is [Au].[Cl-].[Cl-].[Cl-].[Cl-].[HH]. The summed E-state index contributed by atoms with van der Waals surface area (Å²) in [5.74, 6) is 0. The first kappa shape index (κ1) is 66.5. The third-order valence-electron chi connectivity index (χ3n) is 0. The molecule has 0 saturated heterocycles. The van der Waals surface area contributed by atoms with E-state index in [0.717, 1.165) is 0 Å². The van der Waals surface area contributed by atoms with Gasteiger partial charge >= 0.3 is 0 Å². The van der Waals surface area contributed by atoms with Crippen molar-refractivity contribution in [2.45, 2.75) is 0 Å². The van der Waals surface area contributed by atoms with Gasteiger partial charge in [0.05, 0.1) is 0 Å². The van der Waals surface area contributed by atoms with Crippen molar-refractivity contribution in [1.29, 1.82) is 0 Å².